The highest BCUT2D eigenvalue weighted by atomic mass is 19.4. The summed E-state index contributed by atoms with van der Waals surface area (Å²) in [7, 11) is 0. The summed E-state index contributed by atoms with van der Waals surface area (Å²) in [5, 5.41) is 0. The summed E-state index contributed by atoms with van der Waals surface area (Å²) >= 11 is 0. The Morgan fingerprint density at radius 3 is 2.04 bits per heavy atom. The SMILES string of the molecule is O=C1CC2COCC2=C1c1cc(C(F)(F)F)cc(C(F)(F)F)c1. The van der Waals surface area contributed by atoms with Crippen LogP contribution in [-0.2, 0) is 21.9 Å². The van der Waals surface area contributed by atoms with Crippen LogP contribution in [0.25, 0.3) is 5.57 Å². The van der Waals surface area contributed by atoms with E-state index in [1.54, 1.807) is 0 Å². The van der Waals surface area contributed by atoms with E-state index in [9.17, 15) is 31.1 Å². The fourth-order valence-corrected chi connectivity index (χ4v) is 2.94. The lowest BCUT2D eigenvalue weighted by Crippen LogP contribution is -2.12. The van der Waals surface area contributed by atoms with Crippen molar-refractivity contribution in [2.75, 3.05) is 13.2 Å². The van der Waals surface area contributed by atoms with Crippen LogP contribution >= 0.6 is 0 Å². The number of carbonyl (C=O) groups is 1. The van der Waals surface area contributed by atoms with E-state index in [-0.39, 0.29) is 42.8 Å². The summed E-state index contributed by atoms with van der Waals surface area (Å²) in [6, 6.07) is 1.24. The van der Waals surface area contributed by atoms with Gasteiger partial charge in [-0.05, 0) is 29.3 Å². The number of carbonyl (C=O) groups excluding carboxylic acids is 1. The highest BCUT2D eigenvalue weighted by Gasteiger charge is 2.40. The fourth-order valence-electron chi connectivity index (χ4n) is 2.94. The second kappa shape index (κ2) is 5.09. The molecule has 1 aromatic carbocycles. The van der Waals surface area contributed by atoms with Gasteiger partial charge in [-0.2, -0.15) is 26.3 Å². The largest absolute Gasteiger partial charge is 0.416 e. The molecule has 1 atom stereocenters. The van der Waals surface area contributed by atoms with Gasteiger partial charge in [-0.25, -0.2) is 0 Å². The number of hydrogen-bond acceptors (Lipinski definition) is 2. The molecule has 3 rings (SSSR count). The van der Waals surface area contributed by atoms with E-state index >= 15 is 0 Å². The molecule has 1 heterocycles. The van der Waals surface area contributed by atoms with Crippen molar-refractivity contribution in [2.45, 2.75) is 18.8 Å². The monoisotopic (exact) mass is 336 g/mol. The number of hydrogen-bond donors (Lipinski definition) is 0. The van der Waals surface area contributed by atoms with Crippen molar-refractivity contribution < 1.29 is 35.9 Å². The van der Waals surface area contributed by atoms with Crippen molar-refractivity contribution in [3.05, 3.63) is 40.5 Å². The zero-order valence-corrected chi connectivity index (χ0v) is 11.5. The third kappa shape index (κ3) is 2.87. The lowest BCUT2D eigenvalue weighted by Gasteiger charge is -2.15. The first-order chi connectivity index (χ1) is 10.6. The van der Waals surface area contributed by atoms with Crippen LogP contribution in [0, 0.1) is 5.92 Å². The van der Waals surface area contributed by atoms with E-state index in [1.165, 1.54) is 0 Å². The lowest BCUT2D eigenvalue weighted by molar-refractivity contribution is -0.143. The third-order valence-electron chi connectivity index (χ3n) is 3.98. The van der Waals surface area contributed by atoms with Crippen molar-refractivity contribution in [1.29, 1.82) is 0 Å². The van der Waals surface area contributed by atoms with Crippen molar-refractivity contribution in [3.8, 4) is 0 Å². The predicted molar refractivity (Wildman–Crippen MR) is 67.3 cm³/mol. The number of fused-ring (bicyclic) bond motifs is 1. The summed E-state index contributed by atoms with van der Waals surface area (Å²) in [6.45, 7) is 0.318. The highest BCUT2D eigenvalue weighted by molar-refractivity contribution is 6.24. The van der Waals surface area contributed by atoms with Gasteiger partial charge in [0.15, 0.2) is 5.78 Å². The zero-order chi connectivity index (χ0) is 17.0. The second-order valence-corrected chi connectivity index (χ2v) is 5.53. The second-order valence-electron chi connectivity index (χ2n) is 5.53. The van der Waals surface area contributed by atoms with Gasteiger partial charge < -0.3 is 4.74 Å². The Morgan fingerprint density at radius 1 is 0.957 bits per heavy atom. The van der Waals surface area contributed by atoms with Gasteiger partial charge in [-0.15, -0.1) is 0 Å². The molecule has 0 bridgehead atoms. The van der Waals surface area contributed by atoms with E-state index in [1.807, 2.05) is 0 Å². The molecule has 1 aliphatic heterocycles. The molecular weight excluding hydrogens is 326 g/mol. The molecule has 1 aromatic rings. The maximum Gasteiger partial charge on any atom is 0.416 e. The summed E-state index contributed by atoms with van der Waals surface area (Å²) in [5.41, 5.74) is -2.78. The number of alkyl halides is 6. The summed E-state index contributed by atoms with van der Waals surface area (Å²) in [6.07, 6.45) is -9.81. The van der Waals surface area contributed by atoms with E-state index < -0.39 is 29.3 Å². The van der Waals surface area contributed by atoms with Gasteiger partial charge in [0.05, 0.1) is 24.3 Å². The smallest absolute Gasteiger partial charge is 0.376 e. The molecule has 0 amide bonds. The normalized spacial score (nSPS) is 22.0. The molecule has 0 saturated carbocycles. The van der Waals surface area contributed by atoms with Crippen LogP contribution in [0.5, 0.6) is 0 Å². The molecule has 124 valence electrons. The van der Waals surface area contributed by atoms with E-state index in [0.717, 1.165) is 0 Å². The van der Waals surface area contributed by atoms with E-state index in [2.05, 4.69) is 0 Å². The van der Waals surface area contributed by atoms with Crippen LogP contribution in [-0.4, -0.2) is 19.0 Å². The van der Waals surface area contributed by atoms with Gasteiger partial charge in [0, 0.05) is 17.9 Å². The number of allylic oxidation sites excluding steroid dienone is 1. The first-order valence-electron chi connectivity index (χ1n) is 6.71. The van der Waals surface area contributed by atoms with Gasteiger partial charge in [0.25, 0.3) is 0 Å². The van der Waals surface area contributed by atoms with Crippen molar-refractivity contribution >= 4 is 11.4 Å². The van der Waals surface area contributed by atoms with Gasteiger partial charge in [0.2, 0.25) is 0 Å². The first-order valence-corrected chi connectivity index (χ1v) is 6.71. The molecule has 8 heteroatoms. The van der Waals surface area contributed by atoms with Gasteiger partial charge in [-0.1, -0.05) is 0 Å². The third-order valence-corrected chi connectivity index (χ3v) is 3.98. The lowest BCUT2D eigenvalue weighted by atomic mass is 9.96. The zero-order valence-electron chi connectivity index (χ0n) is 11.5. The number of ketones is 1. The van der Waals surface area contributed by atoms with E-state index in [0.29, 0.717) is 17.7 Å². The molecule has 23 heavy (non-hydrogen) atoms. The molecule has 1 unspecified atom stereocenters. The number of benzene rings is 1. The van der Waals surface area contributed by atoms with Crippen molar-refractivity contribution in [1.82, 2.24) is 0 Å². The van der Waals surface area contributed by atoms with Crippen LogP contribution < -0.4 is 0 Å². The number of rotatable bonds is 1. The Balaban J connectivity index is 2.20. The molecule has 0 aromatic heterocycles. The molecule has 2 nitrogen and oxygen atoms in total. The van der Waals surface area contributed by atoms with Crippen LogP contribution in [0.15, 0.2) is 23.8 Å². The average molecular weight is 336 g/mol. The quantitative estimate of drug-likeness (QED) is 0.722. The van der Waals surface area contributed by atoms with Gasteiger partial charge >= 0.3 is 12.4 Å². The highest BCUT2D eigenvalue weighted by Crippen LogP contribution is 2.43. The minimum absolute atomic E-state index is 0.0524. The predicted octanol–water partition coefficient (Wildman–Crippen LogP) is 4.10. The molecule has 1 saturated heterocycles. The number of ether oxygens (including phenoxy) is 1. The summed E-state index contributed by atoms with van der Waals surface area (Å²) in [5.74, 6) is -0.692. The topological polar surface area (TPSA) is 26.3 Å². The number of Topliss-reactive ketones (excluding diaryl/α,β-unsaturated/α-hetero) is 1. The summed E-state index contributed by atoms with van der Waals surface area (Å²) in [4.78, 5) is 12.0. The Kier molecular flexibility index (Phi) is 3.55. The standard InChI is InChI=1S/C15H10F6O2/c16-14(17,18)9-1-7(2-10(4-9)15(19,20)21)13-11-6-23-5-8(11)3-12(13)22/h1-2,4,8H,3,5-6H2. The van der Waals surface area contributed by atoms with Crippen LogP contribution in [0.4, 0.5) is 26.3 Å². The Morgan fingerprint density at radius 2 is 1.52 bits per heavy atom. The molecule has 1 fully saturated rings. The van der Waals surface area contributed by atoms with Crippen molar-refractivity contribution in [2.24, 2.45) is 5.92 Å². The van der Waals surface area contributed by atoms with Gasteiger partial charge in [-0.3, -0.25) is 4.79 Å². The van der Waals surface area contributed by atoms with Crippen LogP contribution in [0.2, 0.25) is 0 Å². The maximum absolute atomic E-state index is 12.9. The van der Waals surface area contributed by atoms with E-state index in [4.69, 9.17) is 4.74 Å². The average Bonchev–Trinajstić information content (AvgIpc) is 2.95. The molecule has 0 spiro atoms. The van der Waals surface area contributed by atoms with Gasteiger partial charge in [0.1, 0.15) is 0 Å². The van der Waals surface area contributed by atoms with Crippen molar-refractivity contribution in [3.63, 3.8) is 0 Å². The Hall–Kier alpha value is -1.83. The first kappa shape index (κ1) is 16.0. The molecule has 1 aliphatic carbocycles. The van der Waals surface area contributed by atoms with Crippen LogP contribution in [0.3, 0.4) is 0 Å². The fraction of sp³-hybridized carbons (Fsp3) is 0.400. The minimum Gasteiger partial charge on any atom is -0.376 e. The summed E-state index contributed by atoms with van der Waals surface area (Å²) < 4.78 is 82.5. The Bertz CT molecular complexity index is 667. The Labute approximate surface area is 126 Å². The number of halogens is 6. The molecule has 2 aliphatic rings. The van der Waals surface area contributed by atoms with Crippen LogP contribution in [0.1, 0.15) is 23.1 Å². The minimum atomic E-state index is -4.94. The molecule has 0 N–H and O–H groups in total. The molecular formula is C15H10F6O2. The maximum atomic E-state index is 12.9. The molecule has 0 radical (unpaired) electrons.